The van der Waals surface area contributed by atoms with Crippen molar-refractivity contribution in [1.29, 1.82) is 0 Å². The molecule has 0 bridgehead atoms. The van der Waals surface area contributed by atoms with Crippen LogP contribution in [0, 0.1) is 5.82 Å². The largest absolute Gasteiger partial charge is 0.476 e. The molecule has 5 nitrogen and oxygen atoms in total. The highest BCUT2D eigenvalue weighted by Crippen LogP contribution is 2.30. The third kappa shape index (κ3) is 3.02. The molecule has 7 heteroatoms. The molecule has 0 unspecified atom stereocenters. The maximum atomic E-state index is 13.7. The molecule has 3 rings (SSSR count). The van der Waals surface area contributed by atoms with E-state index in [1.165, 1.54) is 12.3 Å². The number of carboxylic acids is 1. The van der Waals surface area contributed by atoms with Crippen molar-refractivity contribution in [1.82, 2.24) is 10.2 Å². The van der Waals surface area contributed by atoms with Crippen molar-refractivity contribution in [3.63, 3.8) is 0 Å². The summed E-state index contributed by atoms with van der Waals surface area (Å²) in [5.41, 5.74) is 0.707. The Morgan fingerprint density at radius 2 is 1.96 bits per heavy atom. The van der Waals surface area contributed by atoms with Gasteiger partial charge in [-0.2, -0.15) is 0 Å². The van der Waals surface area contributed by atoms with Gasteiger partial charge in [0.15, 0.2) is 5.69 Å². The van der Waals surface area contributed by atoms with Crippen molar-refractivity contribution < 1.29 is 14.3 Å². The summed E-state index contributed by atoms with van der Waals surface area (Å²) in [6.07, 6.45) is 1.48. The van der Waals surface area contributed by atoms with Crippen molar-refractivity contribution in [2.24, 2.45) is 4.99 Å². The topological polar surface area (TPSA) is 75.4 Å². The number of carboxylic acid groups (broad SMARTS) is 1. The Hall–Kier alpha value is -2.86. The van der Waals surface area contributed by atoms with Crippen LogP contribution in [0.3, 0.4) is 0 Å². The first-order valence-corrected chi connectivity index (χ1v) is 6.92. The number of carbonyl (C=O) groups is 1. The Balaban J connectivity index is 2.23. The first-order valence-electron chi connectivity index (χ1n) is 6.54. The minimum atomic E-state index is -1.30. The zero-order valence-electron chi connectivity index (χ0n) is 11.6. The summed E-state index contributed by atoms with van der Waals surface area (Å²) in [7, 11) is 0. The molecule has 1 N–H and O–H groups in total. The standard InChI is InChI=1S/C16H9ClFN3O2/c17-11-7-13-10(6-12(11)18)14(15(16(22)23)21-20-13)19-8-9-4-2-1-3-5-9/h1-8H,(H,22,23). The van der Waals surface area contributed by atoms with Gasteiger partial charge in [-0.25, -0.2) is 9.18 Å². The van der Waals surface area contributed by atoms with E-state index in [1.807, 2.05) is 18.2 Å². The van der Waals surface area contributed by atoms with E-state index in [-0.39, 0.29) is 27.3 Å². The Morgan fingerprint density at radius 3 is 2.65 bits per heavy atom. The molecule has 114 valence electrons. The fourth-order valence-corrected chi connectivity index (χ4v) is 2.20. The smallest absolute Gasteiger partial charge is 0.358 e. The van der Waals surface area contributed by atoms with Crippen LogP contribution >= 0.6 is 11.6 Å². The van der Waals surface area contributed by atoms with Crippen molar-refractivity contribution >= 4 is 40.4 Å². The van der Waals surface area contributed by atoms with E-state index in [0.29, 0.717) is 0 Å². The second-order valence-corrected chi connectivity index (χ2v) is 5.06. The van der Waals surface area contributed by atoms with Gasteiger partial charge in [0.05, 0.1) is 10.5 Å². The van der Waals surface area contributed by atoms with Gasteiger partial charge in [-0.3, -0.25) is 4.99 Å². The highest BCUT2D eigenvalue weighted by molar-refractivity contribution is 6.31. The molecule has 2 aromatic carbocycles. The zero-order valence-corrected chi connectivity index (χ0v) is 12.3. The molecule has 3 aromatic rings. The van der Waals surface area contributed by atoms with Gasteiger partial charge in [0.2, 0.25) is 0 Å². The Morgan fingerprint density at radius 1 is 1.22 bits per heavy atom. The van der Waals surface area contributed by atoms with E-state index in [4.69, 9.17) is 11.6 Å². The molecular weight excluding hydrogens is 321 g/mol. The third-order valence-corrected chi connectivity index (χ3v) is 3.41. The van der Waals surface area contributed by atoms with Crippen molar-refractivity contribution in [3.8, 4) is 0 Å². The average Bonchev–Trinajstić information content (AvgIpc) is 2.54. The number of aliphatic imine (C=N–C) groups is 1. The molecule has 0 saturated heterocycles. The second kappa shape index (κ2) is 6.10. The molecule has 0 aliphatic carbocycles. The van der Waals surface area contributed by atoms with E-state index in [1.54, 1.807) is 12.1 Å². The Kier molecular flexibility index (Phi) is 3.99. The monoisotopic (exact) mass is 329 g/mol. The lowest BCUT2D eigenvalue weighted by molar-refractivity contribution is 0.0690. The molecule has 1 aromatic heterocycles. The van der Waals surface area contributed by atoms with Gasteiger partial charge in [0, 0.05) is 11.6 Å². The number of nitrogens with zero attached hydrogens (tertiary/aromatic N) is 3. The first kappa shape index (κ1) is 15.1. The van der Waals surface area contributed by atoms with Crippen LogP contribution in [0.4, 0.5) is 10.1 Å². The van der Waals surface area contributed by atoms with E-state index < -0.39 is 11.8 Å². The summed E-state index contributed by atoms with van der Waals surface area (Å²) in [4.78, 5) is 15.5. The molecule has 1 heterocycles. The van der Waals surface area contributed by atoms with Crippen molar-refractivity contribution in [2.45, 2.75) is 0 Å². The maximum Gasteiger partial charge on any atom is 0.358 e. The summed E-state index contributed by atoms with van der Waals surface area (Å²) in [6.45, 7) is 0. The Labute approximate surface area is 135 Å². The number of hydrogen-bond acceptors (Lipinski definition) is 4. The summed E-state index contributed by atoms with van der Waals surface area (Å²) < 4.78 is 13.7. The molecule has 0 fully saturated rings. The van der Waals surface area contributed by atoms with Gasteiger partial charge in [0.25, 0.3) is 0 Å². The van der Waals surface area contributed by atoms with Crippen LogP contribution in [0.2, 0.25) is 5.02 Å². The molecule has 23 heavy (non-hydrogen) atoms. The highest BCUT2D eigenvalue weighted by atomic mass is 35.5. The zero-order chi connectivity index (χ0) is 16.4. The van der Waals surface area contributed by atoms with Gasteiger partial charge < -0.3 is 5.11 Å². The SMILES string of the molecule is O=C(O)c1nnc2cc(Cl)c(F)cc2c1N=Cc1ccccc1. The summed E-state index contributed by atoms with van der Waals surface area (Å²) in [6, 6.07) is 11.5. The van der Waals surface area contributed by atoms with Gasteiger partial charge in [0.1, 0.15) is 11.5 Å². The molecule has 0 atom stereocenters. The summed E-state index contributed by atoms with van der Waals surface area (Å²) in [5.74, 6) is -1.98. The molecule has 0 aliphatic rings. The fourth-order valence-electron chi connectivity index (χ4n) is 2.04. The van der Waals surface area contributed by atoms with Gasteiger partial charge in [-0.05, 0) is 17.7 Å². The molecule has 0 radical (unpaired) electrons. The predicted octanol–water partition coefficient (Wildman–Crippen LogP) is 3.87. The van der Waals surface area contributed by atoms with Crippen LogP contribution < -0.4 is 0 Å². The van der Waals surface area contributed by atoms with Crippen LogP contribution in [-0.2, 0) is 0 Å². The van der Waals surface area contributed by atoms with Crippen molar-refractivity contribution in [3.05, 3.63) is 64.6 Å². The molecule has 0 spiro atoms. The van der Waals surface area contributed by atoms with E-state index in [2.05, 4.69) is 15.2 Å². The fraction of sp³-hybridized carbons (Fsp3) is 0. The lowest BCUT2D eigenvalue weighted by Crippen LogP contribution is -2.03. The minimum absolute atomic E-state index is 0.0296. The molecule has 0 saturated carbocycles. The third-order valence-electron chi connectivity index (χ3n) is 3.12. The van der Waals surface area contributed by atoms with Crippen molar-refractivity contribution in [2.75, 3.05) is 0 Å². The van der Waals surface area contributed by atoms with E-state index in [9.17, 15) is 14.3 Å². The second-order valence-electron chi connectivity index (χ2n) is 4.65. The average molecular weight is 330 g/mol. The number of hydrogen-bond donors (Lipinski definition) is 1. The predicted molar refractivity (Wildman–Crippen MR) is 85.2 cm³/mol. The number of aromatic nitrogens is 2. The van der Waals surface area contributed by atoms with Crippen LogP contribution in [0.25, 0.3) is 10.9 Å². The van der Waals surface area contributed by atoms with E-state index >= 15 is 0 Å². The minimum Gasteiger partial charge on any atom is -0.476 e. The van der Waals surface area contributed by atoms with Crippen LogP contribution in [0.5, 0.6) is 0 Å². The maximum absolute atomic E-state index is 13.7. The van der Waals surface area contributed by atoms with Gasteiger partial charge >= 0.3 is 5.97 Å². The first-order chi connectivity index (χ1) is 11.1. The van der Waals surface area contributed by atoms with Gasteiger partial charge in [-0.1, -0.05) is 41.9 Å². The lowest BCUT2D eigenvalue weighted by Gasteiger charge is -2.05. The Bertz CT molecular complexity index is 930. The van der Waals surface area contributed by atoms with Crippen LogP contribution in [0.1, 0.15) is 16.1 Å². The normalized spacial score (nSPS) is 11.2. The number of rotatable bonds is 3. The van der Waals surface area contributed by atoms with Gasteiger partial charge in [-0.15, -0.1) is 10.2 Å². The molecule has 0 aliphatic heterocycles. The van der Waals surface area contributed by atoms with E-state index in [0.717, 1.165) is 11.6 Å². The highest BCUT2D eigenvalue weighted by Gasteiger charge is 2.17. The number of benzene rings is 2. The molecular formula is C16H9ClFN3O2. The number of halogens is 2. The summed E-state index contributed by atoms with van der Waals surface area (Å²) in [5, 5.41) is 16.8. The number of fused-ring (bicyclic) bond motifs is 1. The molecule has 0 amide bonds. The quantitative estimate of drug-likeness (QED) is 0.740. The summed E-state index contributed by atoms with van der Waals surface area (Å²) >= 11 is 5.72. The lowest BCUT2D eigenvalue weighted by atomic mass is 10.1. The number of aromatic carboxylic acids is 1. The van der Waals surface area contributed by atoms with Crippen LogP contribution in [-0.4, -0.2) is 27.5 Å². The van der Waals surface area contributed by atoms with Crippen LogP contribution in [0.15, 0.2) is 47.5 Å².